The molecule has 0 radical (unpaired) electrons. The molecule has 98 valence electrons. The summed E-state index contributed by atoms with van der Waals surface area (Å²) < 4.78 is 5.11. The standard InChI is InChI=1S/C17H18O2/c1-4-19-17(18)16-8-6-5-7-15(16)14-10-12(2)9-13(3)11-14/h5-11H,4H2,1-3H3. The predicted molar refractivity (Wildman–Crippen MR) is 77.3 cm³/mol. The third-order valence-electron chi connectivity index (χ3n) is 2.96. The van der Waals surface area contributed by atoms with Crippen LogP contribution in [-0.4, -0.2) is 12.6 Å². The van der Waals surface area contributed by atoms with E-state index in [2.05, 4.69) is 32.0 Å². The van der Waals surface area contributed by atoms with Gasteiger partial charge in [0.25, 0.3) is 0 Å². The molecule has 2 aromatic carbocycles. The van der Waals surface area contributed by atoms with E-state index in [0.29, 0.717) is 12.2 Å². The van der Waals surface area contributed by atoms with Crippen LogP contribution in [0.15, 0.2) is 42.5 Å². The maximum atomic E-state index is 12.0. The SMILES string of the molecule is CCOC(=O)c1ccccc1-c1cc(C)cc(C)c1. The molecule has 0 aliphatic rings. The first-order valence-corrected chi connectivity index (χ1v) is 6.46. The van der Waals surface area contributed by atoms with Gasteiger partial charge in [0, 0.05) is 0 Å². The molecule has 0 aliphatic carbocycles. The quantitative estimate of drug-likeness (QED) is 0.769. The molecule has 0 aliphatic heterocycles. The minimum absolute atomic E-state index is 0.266. The summed E-state index contributed by atoms with van der Waals surface area (Å²) in [4.78, 5) is 12.0. The molecular formula is C17H18O2. The lowest BCUT2D eigenvalue weighted by Crippen LogP contribution is -2.06. The van der Waals surface area contributed by atoms with Crippen molar-refractivity contribution >= 4 is 5.97 Å². The lowest BCUT2D eigenvalue weighted by atomic mass is 9.96. The maximum Gasteiger partial charge on any atom is 0.338 e. The first-order valence-electron chi connectivity index (χ1n) is 6.46. The van der Waals surface area contributed by atoms with Crippen LogP contribution in [0.4, 0.5) is 0 Å². The highest BCUT2D eigenvalue weighted by Crippen LogP contribution is 2.26. The zero-order valence-electron chi connectivity index (χ0n) is 11.6. The van der Waals surface area contributed by atoms with Crippen molar-refractivity contribution in [2.75, 3.05) is 6.61 Å². The Kier molecular flexibility index (Phi) is 4.00. The second-order valence-corrected chi connectivity index (χ2v) is 4.64. The van der Waals surface area contributed by atoms with Gasteiger partial charge in [0.2, 0.25) is 0 Å². The zero-order valence-corrected chi connectivity index (χ0v) is 11.6. The van der Waals surface area contributed by atoms with Gasteiger partial charge in [-0.2, -0.15) is 0 Å². The van der Waals surface area contributed by atoms with Gasteiger partial charge in [-0.3, -0.25) is 0 Å². The minimum Gasteiger partial charge on any atom is -0.462 e. The number of aryl methyl sites for hydroxylation is 2. The van der Waals surface area contributed by atoms with E-state index in [0.717, 1.165) is 11.1 Å². The number of carbonyl (C=O) groups is 1. The second-order valence-electron chi connectivity index (χ2n) is 4.64. The Morgan fingerprint density at radius 3 is 2.32 bits per heavy atom. The Bertz CT molecular complexity index is 580. The number of esters is 1. The van der Waals surface area contributed by atoms with Gasteiger partial charge in [-0.25, -0.2) is 4.79 Å². The normalized spacial score (nSPS) is 10.3. The summed E-state index contributed by atoms with van der Waals surface area (Å²) in [6.07, 6.45) is 0. The van der Waals surface area contributed by atoms with Crippen LogP contribution in [0.1, 0.15) is 28.4 Å². The van der Waals surface area contributed by atoms with Crippen molar-refractivity contribution in [2.24, 2.45) is 0 Å². The molecule has 2 rings (SSSR count). The van der Waals surface area contributed by atoms with E-state index < -0.39 is 0 Å². The topological polar surface area (TPSA) is 26.3 Å². The van der Waals surface area contributed by atoms with E-state index in [1.54, 1.807) is 0 Å². The summed E-state index contributed by atoms with van der Waals surface area (Å²) in [5, 5.41) is 0. The molecule has 19 heavy (non-hydrogen) atoms. The maximum absolute atomic E-state index is 12.0. The van der Waals surface area contributed by atoms with Crippen LogP contribution in [0.2, 0.25) is 0 Å². The second kappa shape index (κ2) is 5.70. The Hall–Kier alpha value is -2.09. The van der Waals surface area contributed by atoms with Crippen molar-refractivity contribution < 1.29 is 9.53 Å². The average Bonchev–Trinajstić information content (AvgIpc) is 2.38. The smallest absolute Gasteiger partial charge is 0.338 e. The fraction of sp³-hybridized carbons (Fsp3) is 0.235. The van der Waals surface area contributed by atoms with E-state index in [-0.39, 0.29) is 5.97 Å². The van der Waals surface area contributed by atoms with Crippen LogP contribution in [0.25, 0.3) is 11.1 Å². The predicted octanol–water partition coefficient (Wildman–Crippen LogP) is 4.15. The Labute approximate surface area is 114 Å². The van der Waals surface area contributed by atoms with Crippen LogP contribution in [0, 0.1) is 13.8 Å². The zero-order chi connectivity index (χ0) is 13.8. The van der Waals surface area contributed by atoms with Crippen LogP contribution in [0.5, 0.6) is 0 Å². The molecule has 0 bridgehead atoms. The molecule has 0 spiro atoms. The molecule has 0 N–H and O–H groups in total. The molecule has 0 unspecified atom stereocenters. The lowest BCUT2D eigenvalue weighted by Gasteiger charge is -2.10. The molecule has 0 heterocycles. The summed E-state index contributed by atoms with van der Waals surface area (Å²) in [5.41, 5.74) is 4.98. The van der Waals surface area contributed by atoms with Gasteiger partial charge in [-0.1, -0.05) is 47.5 Å². The number of benzene rings is 2. The van der Waals surface area contributed by atoms with Gasteiger partial charge >= 0.3 is 5.97 Å². The summed E-state index contributed by atoms with van der Waals surface area (Å²) in [6, 6.07) is 13.9. The highest BCUT2D eigenvalue weighted by atomic mass is 16.5. The van der Waals surface area contributed by atoms with Crippen molar-refractivity contribution in [3.05, 3.63) is 59.2 Å². The van der Waals surface area contributed by atoms with Crippen molar-refractivity contribution in [3.8, 4) is 11.1 Å². The van der Waals surface area contributed by atoms with E-state index in [4.69, 9.17) is 4.74 Å². The number of carbonyl (C=O) groups excluding carboxylic acids is 1. The van der Waals surface area contributed by atoms with Crippen molar-refractivity contribution in [1.29, 1.82) is 0 Å². The molecule has 0 saturated heterocycles. The fourth-order valence-electron chi connectivity index (χ4n) is 2.25. The van der Waals surface area contributed by atoms with Gasteiger partial charge in [-0.15, -0.1) is 0 Å². The third-order valence-corrected chi connectivity index (χ3v) is 2.96. The Morgan fingerprint density at radius 2 is 1.68 bits per heavy atom. The van der Waals surface area contributed by atoms with E-state index in [1.807, 2.05) is 31.2 Å². The summed E-state index contributed by atoms with van der Waals surface area (Å²) in [7, 11) is 0. The monoisotopic (exact) mass is 254 g/mol. The summed E-state index contributed by atoms with van der Waals surface area (Å²) in [5.74, 6) is -0.266. The van der Waals surface area contributed by atoms with Crippen molar-refractivity contribution in [3.63, 3.8) is 0 Å². The Morgan fingerprint density at radius 1 is 1.05 bits per heavy atom. The number of hydrogen-bond acceptors (Lipinski definition) is 2. The van der Waals surface area contributed by atoms with Crippen LogP contribution >= 0.6 is 0 Å². The van der Waals surface area contributed by atoms with E-state index in [9.17, 15) is 4.79 Å². The molecule has 2 nitrogen and oxygen atoms in total. The van der Waals surface area contributed by atoms with Crippen LogP contribution in [-0.2, 0) is 4.74 Å². The van der Waals surface area contributed by atoms with Gasteiger partial charge < -0.3 is 4.74 Å². The molecule has 0 aromatic heterocycles. The molecule has 0 fully saturated rings. The van der Waals surface area contributed by atoms with Crippen molar-refractivity contribution in [2.45, 2.75) is 20.8 Å². The van der Waals surface area contributed by atoms with Gasteiger partial charge in [0.1, 0.15) is 0 Å². The van der Waals surface area contributed by atoms with E-state index >= 15 is 0 Å². The molecule has 2 heteroatoms. The minimum atomic E-state index is -0.266. The van der Waals surface area contributed by atoms with Crippen molar-refractivity contribution in [1.82, 2.24) is 0 Å². The largest absolute Gasteiger partial charge is 0.462 e. The average molecular weight is 254 g/mol. The molecule has 0 atom stereocenters. The molecular weight excluding hydrogens is 236 g/mol. The van der Waals surface area contributed by atoms with Crippen LogP contribution < -0.4 is 0 Å². The number of ether oxygens (including phenoxy) is 1. The first-order chi connectivity index (χ1) is 9.11. The molecule has 0 amide bonds. The van der Waals surface area contributed by atoms with Crippen LogP contribution in [0.3, 0.4) is 0 Å². The van der Waals surface area contributed by atoms with Gasteiger partial charge in [0.05, 0.1) is 12.2 Å². The molecule has 0 saturated carbocycles. The third kappa shape index (κ3) is 3.02. The number of hydrogen-bond donors (Lipinski definition) is 0. The highest BCUT2D eigenvalue weighted by Gasteiger charge is 2.13. The fourth-order valence-corrected chi connectivity index (χ4v) is 2.25. The molecule has 2 aromatic rings. The lowest BCUT2D eigenvalue weighted by molar-refractivity contribution is 0.0527. The van der Waals surface area contributed by atoms with Gasteiger partial charge in [0.15, 0.2) is 0 Å². The summed E-state index contributed by atoms with van der Waals surface area (Å²) >= 11 is 0. The number of rotatable bonds is 3. The highest BCUT2D eigenvalue weighted by molar-refractivity contribution is 5.97. The van der Waals surface area contributed by atoms with E-state index in [1.165, 1.54) is 11.1 Å². The first kappa shape index (κ1) is 13.3. The van der Waals surface area contributed by atoms with Gasteiger partial charge in [-0.05, 0) is 38.0 Å². The Balaban J connectivity index is 2.52. The summed E-state index contributed by atoms with van der Waals surface area (Å²) in [6.45, 7) is 6.32.